The summed E-state index contributed by atoms with van der Waals surface area (Å²) in [5.41, 5.74) is 0.611. The van der Waals surface area contributed by atoms with Crippen molar-refractivity contribution in [3.63, 3.8) is 0 Å². The van der Waals surface area contributed by atoms with Gasteiger partial charge in [0.1, 0.15) is 11.5 Å². The lowest BCUT2D eigenvalue weighted by atomic mass is 10.1. The summed E-state index contributed by atoms with van der Waals surface area (Å²) >= 11 is 0. The van der Waals surface area contributed by atoms with Gasteiger partial charge in [0.25, 0.3) is 5.91 Å². The Labute approximate surface area is 150 Å². The van der Waals surface area contributed by atoms with Crippen LogP contribution in [0.3, 0.4) is 0 Å². The van der Waals surface area contributed by atoms with Crippen molar-refractivity contribution < 1.29 is 28.4 Å². The number of nitrogens with zero attached hydrogens (tertiary/aromatic N) is 1. The lowest BCUT2D eigenvalue weighted by molar-refractivity contribution is -0.147. The van der Waals surface area contributed by atoms with E-state index in [-0.39, 0.29) is 18.0 Å². The third kappa shape index (κ3) is 6.39. The van der Waals surface area contributed by atoms with Crippen LogP contribution in [0.2, 0.25) is 0 Å². The van der Waals surface area contributed by atoms with Crippen LogP contribution in [0.1, 0.15) is 35.9 Å². The van der Waals surface area contributed by atoms with Crippen molar-refractivity contribution in [3.8, 4) is 5.75 Å². The number of carbonyl (C=O) groups is 3. The Bertz CT molecular complexity index is 766. The van der Waals surface area contributed by atoms with Crippen molar-refractivity contribution in [2.75, 3.05) is 18.5 Å². The number of hydrogen-bond donors (Lipinski definition) is 1. The Balaban J connectivity index is 1.59. The second-order valence-electron chi connectivity index (χ2n) is 5.56. The Morgan fingerprint density at radius 3 is 2.54 bits per heavy atom. The number of aryl methyl sites for hydroxylation is 1. The van der Waals surface area contributed by atoms with Gasteiger partial charge in [-0.15, -0.1) is 0 Å². The largest absolute Gasteiger partial charge is 0.494 e. The monoisotopic (exact) mass is 360 g/mol. The molecule has 0 saturated heterocycles. The molecule has 138 valence electrons. The van der Waals surface area contributed by atoms with Crippen LogP contribution in [0.25, 0.3) is 0 Å². The van der Waals surface area contributed by atoms with E-state index in [4.69, 9.17) is 14.0 Å². The first kappa shape index (κ1) is 19.2. The molecule has 26 heavy (non-hydrogen) atoms. The second-order valence-corrected chi connectivity index (χ2v) is 5.56. The molecule has 1 heterocycles. The first-order valence-electron chi connectivity index (χ1n) is 8.06. The third-order valence-electron chi connectivity index (χ3n) is 3.31. The minimum absolute atomic E-state index is 0.0120. The number of hydrogen-bond acceptors (Lipinski definition) is 7. The van der Waals surface area contributed by atoms with E-state index >= 15 is 0 Å². The number of rotatable bonds is 9. The molecule has 1 amide bonds. The average molecular weight is 360 g/mol. The Morgan fingerprint density at radius 1 is 1.19 bits per heavy atom. The average Bonchev–Trinajstić information content (AvgIpc) is 3.02. The quantitative estimate of drug-likeness (QED) is 0.416. The van der Waals surface area contributed by atoms with Crippen LogP contribution in [-0.4, -0.2) is 36.0 Å². The molecule has 1 N–H and O–H groups in total. The Morgan fingerprint density at radius 2 is 1.92 bits per heavy atom. The topological polar surface area (TPSA) is 108 Å². The van der Waals surface area contributed by atoms with E-state index in [2.05, 4.69) is 10.5 Å². The van der Waals surface area contributed by atoms with Gasteiger partial charge in [-0.3, -0.25) is 14.4 Å². The highest BCUT2D eigenvalue weighted by atomic mass is 16.5. The lowest BCUT2D eigenvalue weighted by Crippen LogP contribution is -2.21. The van der Waals surface area contributed by atoms with Gasteiger partial charge in [0.15, 0.2) is 18.2 Å². The van der Waals surface area contributed by atoms with Crippen LogP contribution in [0.5, 0.6) is 5.75 Å². The molecular weight excluding hydrogens is 340 g/mol. The summed E-state index contributed by atoms with van der Waals surface area (Å²) in [4.78, 5) is 34.4. The molecule has 0 saturated carbocycles. The van der Waals surface area contributed by atoms with Crippen LogP contribution >= 0.6 is 0 Å². The standard InChI is InChI=1S/C18H20N2O6/c1-12-10-16(20-26-12)19-17(22)11-25-18(23)4-3-9-24-15-7-5-14(6-8-15)13(2)21/h5-8,10H,3-4,9,11H2,1-2H3,(H,19,20,22). The minimum atomic E-state index is -0.494. The highest BCUT2D eigenvalue weighted by Crippen LogP contribution is 2.13. The summed E-state index contributed by atoms with van der Waals surface area (Å²) in [5, 5.41) is 6.05. The predicted molar refractivity (Wildman–Crippen MR) is 92.0 cm³/mol. The van der Waals surface area contributed by atoms with Crippen molar-refractivity contribution in [2.45, 2.75) is 26.7 Å². The zero-order chi connectivity index (χ0) is 18.9. The van der Waals surface area contributed by atoms with E-state index < -0.39 is 18.5 Å². The summed E-state index contributed by atoms with van der Waals surface area (Å²) in [6.45, 7) is 3.12. The van der Waals surface area contributed by atoms with E-state index in [1.54, 1.807) is 37.3 Å². The maximum atomic E-state index is 11.6. The molecular formula is C18H20N2O6. The Hall–Kier alpha value is -3.16. The summed E-state index contributed by atoms with van der Waals surface area (Å²) in [6, 6.07) is 8.32. The van der Waals surface area contributed by atoms with E-state index in [1.807, 2.05) is 0 Å². The van der Waals surface area contributed by atoms with Crippen molar-refractivity contribution in [2.24, 2.45) is 0 Å². The number of esters is 1. The molecule has 0 atom stereocenters. The zero-order valence-corrected chi connectivity index (χ0v) is 14.6. The summed E-state index contributed by atoms with van der Waals surface area (Å²) < 4.78 is 15.2. The Kier molecular flexibility index (Phi) is 6.90. The number of benzene rings is 1. The molecule has 8 nitrogen and oxygen atoms in total. The van der Waals surface area contributed by atoms with Crippen LogP contribution in [0, 0.1) is 6.92 Å². The van der Waals surface area contributed by atoms with Crippen LogP contribution in [-0.2, 0) is 14.3 Å². The van der Waals surface area contributed by atoms with Gasteiger partial charge >= 0.3 is 5.97 Å². The van der Waals surface area contributed by atoms with Gasteiger partial charge in [0.2, 0.25) is 0 Å². The fourth-order valence-electron chi connectivity index (χ4n) is 2.01. The van der Waals surface area contributed by atoms with Crippen molar-refractivity contribution >= 4 is 23.5 Å². The normalized spacial score (nSPS) is 10.2. The molecule has 0 spiro atoms. The van der Waals surface area contributed by atoms with Crippen LogP contribution in [0.4, 0.5) is 5.82 Å². The van der Waals surface area contributed by atoms with Crippen molar-refractivity contribution in [3.05, 3.63) is 41.7 Å². The van der Waals surface area contributed by atoms with Gasteiger partial charge in [-0.2, -0.15) is 0 Å². The van der Waals surface area contributed by atoms with Crippen LogP contribution in [0.15, 0.2) is 34.9 Å². The zero-order valence-electron chi connectivity index (χ0n) is 14.6. The molecule has 0 unspecified atom stereocenters. The molecule has 2 aromatic rings. The number of anilines is 1. The molecule has 0 aliphatic rings. The summed E-state index contributed by atoms with van der Waals surface area (Å²) in [6.07, 6.45) is 0.569. The van der Waals surface area contributed by atoms with E-state index in [0.29, 0.717) is 30.1 Å². The van der Waals surface area contributed by atoms with Gasteiger partial charge in [-0.1, -0.05) is 5.16 Å². The molecule has 2 rings (SSSR count). The number of ketones is 1. The lowest BCUT2D eigenvalue weighted by Gasteiger charge is -2.07. The third-order valence-corrected chi connectivity index (χ3v) is 3.31. The number of nitrogens with one attached hydrogen (secondary N) is 1. The number of ether oxygens (including phenoxy) is 2. The number of carbonyl (C=O) groups excluding carboxylic acids is 3. The molecule has 0 bridgehead atoms. The van der Waals surface area contributed by atoms with E-state index in [1.165, 1.54) is 6.92 Å². The SMILES string of the molecule is CC(=O)c1ccc(OCCCC(=O)OCC(=O)Nc2cc(C)on2)cc1. The molecule has 0 aliphatic carbocycles. The second kappa shape index (κ2) is 9.36. The summed E-state index contributed by atoms with van der Waals surface area (Å²) in [5.74, 6) is 0.453. The smallest absolute Gasteiger partial charge is 0.306 e. The van der Waals surface area contributed by atoms with Gasteiger partial charge in [-0.05, 0) is 44.5 Å². The number of amides is 1. The maximum Gasteiger partial charge on any atom is 0.306 e. The maximum absolute atomic E-state index is 11.6. The molecule has 0 aliphatic heterocycles. The highest BCUT2D eigenvalue weighted by Gasteiger charge is 2.10. The van der Waals surface area contributed by atoms with E-state index in [9.17, 15) is 14.4 Å². The van der Waals surface area contributed by atoms with Gasteiger partial charge in [0.05, 0.1) is 6.61 Å². The first-order chi connectivity index (χ1) is 12.4. The number of aromatic nitrogens is 1. The molecule has 8 heteroatoms. The van der Waals surface area contributed by atoms with Crippen molar-refractivity contribution in [1.29, 1.82) is 0 Å². The fourth-order valence-corrected chi connectivity index (χ4v) is 2.01. The minimum Gasteiger partial charge on any atom is -0.494 e. The molecule has 1 aromatic heterocycles. The van der Waals surface area contributed by atoms with Crippen molar-refractivity contribution in [1.82, 2.24) is 5.16 Å². The van der Waals surface area contributed by atoms with Crippen LogP contribution < -0.4 is 10.1 Å². The van der Waals surface area contributed by atoms with E-state index in [0.717, 1.165) is 0 Å². The molecule has 1 aromatic carbocycles. The fraction of sp³-hybridized carbons (Fsp3) is 0.333. The van der Waals surface area contributed by atoms with Gasteiger partial charge in [0, 0.05) is 18.1 Å². The van der Waals surface area contributed by atoms with Gasteiger partial charge < -0.3 is 19.3 Å². The predicted octanol–water partition coefficient (Wildman–Crippen LogP) is 2.53. The molecule has 0 radical (unpaired) electrons. The highest BCUT2D eigenvalue weighted by molar-refractivity contribution is 5.94. The summed E-state index contributed by atoms with van der Waals surface area (Å²) in [7, 11) is 0. The van der Waals surface area contributed by atoms with Gasteiger partial charge in [-0.25, -0.2) is 0 Å². The molecule has 0 fully saturated rings. The number of Topliss-reactive ketones (excluding diaryl/α,β-unsaturated/α-hetero) is 1. The first-order valence-corrected chi connectivity index (χ1v) is 8.06.